The molecule has 0 aromatic carbocycles. The molecule has 0 radical (unpaired) electrons. The van der Waals surface area contributed by atoms with Crippen molar-refractivity contribution in [1.29, 1.82) is 0 Å². The van der Waals surface area contributed by atoms with Crippen molar-refractivity contribution in [3.63, 3.8) is 0 Å². The molecule has 0 atom stereocenters. The molecule has 2 aromatic rings. The van der Waals surface area contributed by atoms with E-state index < -0.39 is 0 Å². The second-order valence-electron chi connectivity index (χ2n) is 6.97. The Balaban J connectivity index is 1.85. The van der Waals surface area contributed by atoms with Crippen LogP contribution in [0.15, 0.2) is 12.3 Å². The van der Waals surface area contributed by atoms with Crippen LogP contribution < -0.4 is 5.32 Å². The molecule has 122 valence electrons. The summed E-state index contributed by atoms with van der Waals surface area (Å²) < 4.78 is 15.5. The summed E-state index contributed by atoms with van der Waals surface area (Å²) in [6.45, 7) is 6.61. The van der Waals surface area contributed by atoms with Gasteiger partial charge in [0.1, 0.15) is 5.82 Å². The Bertz CT molecular complexity index is 729. The van der Waals surface area contributed by atoms with Gasteiger partial charge in [0.25, 0.3) is 0 Å². The van der Waals surface area contributed by atoms with Gasteiger partial charge in [0.15, 0.2) is 5.82 Å². The van der Waals surface area contributed by atoms with Crippen LogP contribution in [0.1, 0.15) is 61.0 Å². The van der Waals surface area contributed by atoms with E-state index >= 15 is 0 Å². The predicted molar refractivity (Wildman–Crippen MR) is 87.7 cm³/mol. The zero-order valence-electron chi connectivity index (χ0n) is 13.8. The minimum absolute atomic E-state index is 0.262. The first-order valence-corrected chi connectivity index (χ1v) is 8.62. The van der Waals surface area contributed by atoms with Crippen molar-refractivity contribution >= 4 is 0 Å². The molecule has 0 saturated carbocycles. The first kappa shape index (κ1) is 14.8. The van der Waals surface area contributed by atoms with E-state index in [1.54, 1.807) is 6.07 Å². The normalized spacial score (nSPS) is 18.1. The fourth-order valence-corrected chi connectivity index (χ4v) is 4.03. The standard InChI is InChI=1S/C18H23FN4/c1-11(2)16-15-4-3-13-9-14(19)10-21-18(13)23(15)22-17(16)12-5-7-20-8-6-12/h9-12,20H,3-8H2,1-2H3. The number of rotatable bonds is 2. The summed E-state index contributed by atoms with van der Waals surface area (Å²) in [5.74, 6) is 1.53. The van der Waals surface area contributed by atoms with Crippen LogP contribution in [-0.2, 0) is 12.8 Å². The smallest absolute Gasteiger partial charge is 0.157 e. The molecule has 4 nitrogen and oxygen atoms in total. The van der Waals surface area contributed by atoms with Gasteiger partial charge in [-0.15, -0.1) is 0 Å². The van der Waals surface area contributed by atoms with E-state index in [9.17, 15) is 4.39 Å². The number of hydrogen-bond donors (Lipinski definition) is 1. The molecule has 4 rings (SSSR count). The molecule has 2 aliphatic heterocycles. The number of halogens is 1. The van der Waals surface area contributed by atoms with Crippen LogP contribution in [0.4, 0.5) is 4.39 Å². The second kappa shape index (κ2) is 5.71. The van der Waals surface area contributed by atoms with E-state index in [4.69, 9.17) is 5.10 Å². The van der Waals surface area contributed by atoms with Crippen molar-refractivity contribution in [1.82, 2.24) is 20.1 Å². The Morgan fingerprint density at radius 1 is 1.26 bits per heavy atom. The molecule has 5 heteroatoms. The molecule has 1 N–H and O–H groups in total. The molecule has 1 saturated heterocycles. The number of aryl methyl sites for hydroxylation is 1. The molecule has 0 bridgehead atoms. The fraction of sp³-hybridized carbons (Fsp3) is 0.556. The lowest BCUT2D eigenvalue weighted by molar-refractivity contribution is 0.448. The summed E-state index contributed by atoms with van der Waals surface area (Å²) in [5, 5.41) is 8.40. The lowest BCUT2D eigenvalue weighted by Gasteiger charge is -2.23. The number of pyridine rings is 1. The van der Waals surface area contributed by atoms with Crippen LogP contribution in [0.25, 0.3) is 5.82 Å². The Labute approximate surface area is 136 Å². The maximum absolute atomic E-state index is 13.5. The van der Waals surface area contributed by atoms with E-state index in [1.165, 1.54) is 23.1 Å². The summed E-state index contributed by atoms with van der Waals surface area (Å²) >= 11 is 0. The van der Waals surface area contributed by atoms with E-state index in [0.717, 1.165) is 50.2 Å². The van der Waals surface area contributed by atoms with Crippen LogP contribution in [0.5, 0.6) is 0 Å². The average molecular weight is 314 g/mol. The number of fused-ring (bicyclic) bond motifs is 3. The van der Waals surface area contributed by atoms with Gasteiger partial charge in [-0.25, -0.2) is 14.1 Å². The van der Waals surface area contributed by atoms with Gasteiger partial charge in [-0.2, -0.15) is 5.10 Å². The number of nitrogens with zero attached hydrogens (tertiary/aromatic N) is 3. The molecule has 2 aliphatic rings. The molecule has 23 heavy (non-hydrogen) atoms. The molecule has 0 aliphatic carbocycles. The Kier molecular flexibility index (Phi) is 3.68. The lowest BCUT2D eigenvalue weighted by atomic mass is 9.86. The average Bonchev–Trinajstić information content (AvgIpc) is 2.95. The molecule has 0 unspecified atom stereocenters. The van der Waals surface area contributed by atoms with Crippen LogP contribution >= 0.6 is 0 Å². The third-order valence-electron chi connectivity index (χ3n) is 5.09. The topological polar surface area (TPSA) is 42.7 Å². The molecule has 1 fully saturated rings. The SMILES string of the molecule is CC(C)c1c(C2CCNCC2)nn2c1CCc1cc(F)cnc1-2. The number of hydrogen-bond acceptors (Lipinski definition) is 3. The second-order valence-corrected chi connectivity index (χ2v) is 6.97. The van der Waals surface area contributed by atoms with Crippen molar-refractivity contribution < 1.29 is 4.39 Å². The fourth-order valence-electron chi connectivity index (χ4n) is 4.03. The summed E-state index contributed by atoms with van der Waals surface area (Å²) in [7, 11) is 0. The minimum atomic E-state index is -0.262. The lowest BCUT2D eigenvalue weighted by Crippen LogP contribution is -2.27. The van der Waals surface area contributed by atoms with Gasteiger partial charge in [-0.3, -0.25) is 0 Å². The molecule has 2 aromatic heterocycles. The van der Waals surface area contributed by atoms with Gasteiger partial charge < -0.3 is 5.32 Å². The zero-order chi connectivity index (χ0) is 16.0. The van der Waals surface area contributed by atoms with Crippen LogP contribution in [-0.4, -0.2) is 27.9 Å². The summed E-state index contributed by atoms with van der Waals surface area (Å²) in [5.41, 5.74) is 4.89. The first-order valence-electron chi connectivity index (χ1n) is 8.62. The third kappa shape index (κ3) is 2.47. The highest BCUT2D eigenvalue weighted by atomic mass is 19.1. The third-order valence-corrected chi connectivity index (χ3v) is 5.09. The van der Waals surface area contributed by atoms with E-state index in [1.807, 2.05) is 4.68 Å². The zero-order valence-corrected chi connectivity index (χ0v) is 13.8. The van der Waals surface area contributed by atoms with Crippen molar-refractivity contribution in [3.05, 3.63) is 40.6 Å². The Morgan fingerprint density at radius 3 is 2.78 bits per heavy atom. The predicted octanol–water partition coefficient (Wildman–Crippen LogP) is 3.10. The molecule has 4 heterocycles. The first-order chi connectivity index (χ1) is 11.1. The van der Waals surface area contributed by atoms with Crippen LogP contribution in [0.2, 0.25) is 0 Å². The molecular formula is C18H23FN4. The number of aromatic nitrogens is 3. The maximum atomic E-state index is 13.5. The van der Waals surface area contributed by atoms with Gasteiger partial charge in [0.05, 0.1) is 17.6 Å². The highest BCUT2D eigenvalue weighted by Gasteiger charge is 2.30. The minimum Gasteiger partial charge on any atom is -0.317 e. The Hall–Kier alpha value is -1.75. The van der Waals surface area contributed by atoms with Gasteiger partial charge in [0.2, 0.25) is 0 Å². The van der Waals surface area contributed by atoms with Gasteiger partial charge >= 0.3 is 0 Å². The van der Waals surface area contributed by atoms with E-state index in [2.05, 4.69) is 24.1 Å². The van der Waals surface area contributed by atoms with Crippen molar-refractivity contribution in [2.24, 2.45) is 0 Å². The monoisotopic (exact) mass is 314 g/mol. The van der Waals surface area contributed by atoms with Gasteiger partial charge in [-0.1, -0.05) is 13.8 Å². The highest BCUT2D eigenvalue weighted by molar-refractivity contribution is 5.44. The van der Waals surface area contributed by atoms with E-state index in [0.29, 0.717) is 11.8 Å². The van der Waals surface area contributed by atoms with Crippen molar-refractivity contribution in [2.75, 3.05) is 13.1 Å². The number of piperidine rings is 1. The largest absolute Gasteiger partial charge is 0.317 e. The highest BCUT2D eigenvalue weighted by Crippen LogP contribution is 2.37. The van der Waals surface area contributed by atoms with Crippen molar-refractivity contribution in [3.8, 4) is 5.82 Å². The van der Waals surface area contributed by atoms with Crippen LogP contribution in [0.3, 0.4) is 0 Å². The van der Waals surface area contributed by atoms with Crippen molar-refractivity contribution in [2.45, 2.75) is 51.4 Å². The maximum Gasteiger partial charge on any atom is 0.157 e. The summed E-state index contributed by atoms with van der Waals surface area (Å²) in [4.78, 5) is 4.33. The molecular weight excluding hydrogens is 291 g/mol. The quantitative estimate of drug-likeness (QED) is 0.926. The molecule has 0 spiro atoms. The number of nitrogens with one attached hydrogen (secondary N) is 1. The summed E-state index contributed by atoms with van der Waals surface area (Å²) in [6.07, 6.45) is 5.34. The Morgan fingerprint density at radius 2 is 2.04 bits per heavy atom. The van der Waals surface area contributed by atoms with Gasteiger partial charge in [0, 0.05) is 11.5 Å². The van der Waals surface area contributed by atoms with E-state index in [-0.39, 0.29) is 5.82 Å². The summed E-state index contributed by atoms with van der Waals surface area (Å²) in [6, 6.07) is 1.60. The van der Waals surface area contributed by atoms with Crippen LogP contribution in [0, 0.1) is 5.82 Å². The van der Waals surface area contributed by atoms with Gasteiger partial charge in [-0.05, 0) is 56.3 Å². The molecule has 0 amide bonds.